The number of carbonyl (C=O) groups excluding carboxylic acids is 1. The minimum absolute atomic E-state index is 0.0243. The van der Waals surface area contributed by atoms with Gasteiger partial charge in [0.25, 0.3) is 5.89 Å². The normalized spacial score (nSPS) is 11.0. The van der Waals surface area contributed by atoms with Crippen LogP contribution >= 0.6 is 0 Å². The molecule has 2 heterocycles. The van der Waals surface area contributed by atoms with Crippen molar-refractivity contribution in [2.24, 2.45) is 0 Å². The third-order valence-corrected chi connectivity index (χ3v) is 4.55. The first-order valence-corrected chi connectivity index (χ1v) is 8.80. The molecule has 7 nitrogen and oxygen atoms in total. The highest BCUT2D eigenvalue weighted by Crippen LogP contribution is 2.33. The summed E-state index contributed by atoms with van der Waals surface area (Å²) in [6.45, 7) is 4.05. The zero-order valence-electron chi connectivity index (χ0n) is 15.8. The fourth-order valence-corrected chi connectivity index (χ4v) is 2.94. The minimum atomic E-state index is -0.232. The van der Waals surface area contributed by atoms with Crippen LogP contribution in [0.2, 0.25) is 0 Å². The van der Waals surface area contributed by atoms with Crippen LogP contribution in [0.15, 0.2) is 51.3 Å². The van der Waals surface area contributed by atoms with Crippen LogP contribution in [0.25, 0.3) is 22.6 Å². The van der Waals surface area contributed by atoms with Crippen LogP contribution in [0.4, 0.5) is 6.01 Å². The molecule has 7 heteroatoms. The second-order valence-electron chi connectivity index (χ2n) is 6.55. The highest BCUT2D eigenvalue weighted by Gasteiger charge is 2.17. The van der Waals surface area contributed by atoms with Crippen molar-refractivity contribution in [1.82, 2.24) is 10.2 Å². The number of ether oxygens (including phenoxy) is 1. The molecule has 0 unspecified atom stereocenters. The Morgan fingerprint density at radius 3 is 2.71 bits per heavy atom. The van der Waals surface area contributed by atoms with Gasteiger partial charge in [0.1, 0.15) is 0 Å². The van der Waals surface area contributed by atoms with Gasteiger partial charge in [0.2, 0.25) is 5.91 Å². The number of hydrogen-bond donors (Lipinski definition) is 1. The Labute approximate surface area is 161 Å². The number of hydrogen-bond acceptors (Lipinski definition) is 6. The molecule has 2 aromatic heterocycles. The fraction of sp³-hybridized carbons (Fsp3) is 0.190. The second-order valence-corrected chi connectivity index (χ2v) is 6.55. The van der Waals surface area contributed by atoms with Crippen molar-refractivity contribution in [3.63, 3.8) is 0 Å². The van der Waals surface area contributed by atoms with E-state index in [1.807, 2.05) is 50.2 Å². The topological polar surface area (TPSA) is 90.4 Å². The number of amides is 1. The molecule has 2 aromatic carbocycles. The first kappa shape index (κ1) is 17.8. The van der Waals surface area contributed by atoms with E-state index in [2.05, 4.69) is 15.5 Å². The van der Waals surface area contributed by atoms with Crippen LogP contribution in [0.3, 0.4) is 0 Å². The number of rotatable bonds is 5. The van der Waals surface area contributed by atoms with E-state index in [0.717, 1.165) is 16.5 Å². The lowest BCUT2D eigenvalue weighted by atomic mass is 10.0. The summed E-state index contributed by atoms with van der Waals surface area (Å²) in [6, 6.07) is 13.3. The molecular formula is C21H19N3O4. The van der Waals surface area contributed by atoms with Gasteiger partial charge in [-0.1, -0.05) is 35.4 Å². The molecule has 1 N–H and O–H groups in total. The largest absolute Gasteiger partial charge is 0.493 e. The number of aryl methyl sites for hydroxylation is 2. The van der Waals surface area contributed by atoms with Crippen molar-refractivity contribution < 1.29 is 18.4 Å². The summed E-state index contributed by atoms with van der Waals surface area (Å²) in [7, 11) is 1.58. The van der Waals surface area contributed by atoms with Gasteiger partial charge in [-0.15, -0.1) is 5.10 Å². The Bertz CT molecular complexity index is 1160. The Kier molecular flexibility index (Phi) is 4.57. The fourth-order valence-electron chi connectivity index (χ4n) is 2.94. The maximum absolute atomic E-state index is 12.3. The van der Waals surface area contributed by atoms with Gasteiger partial charge < -0.3 is 13.6 Å². The smallest absolute Gasteiger partial charge is 0.322 e. The number of furan rings is 1. The van der Waals surface area contributed by atoms with E-state index in [0.29, 0.717) is 17.1 Å². The molecule has 0 radical (unpaired) electrons. The lowest BCUT2D eigenvalue weighted by Gasteiger charge is -2.04. The molecule has 4 rings (SSSR count). The summed E-state index contributed by atoms with van der Waals surface area (Å²) < 4.78 is 16.6. The average Bonchev–Trinajstić information content (AvgIpc) is 3.31. The van der Waals surface area contributed by atoms with E-state index in [1.54, 1.807) is 13.2 Å². The number of para-hydroxylation sites is 1. The van der Waals surface area contributed by atoms with Crippen LogP contribution < -0.4 is 10.1 Å². The first-order valence-electron chi connectivity index (χ1n) is 8.80. The zero-order chi connectivity index (χ0) is 19.7. The highest BCUT2D eigenvalue weighted by molar-refractivity contribution is 5.90. The molecule has 0 saturated heterocycles. The van der Waals surface area contributed by atoms with Crippen LogP contribution in [-0.4, -0.2) is 23.2 Å². The van der Waals surface area contributed by atoms with Crippen molar-refractivity contribution in [3.05, 3.63) is 59.2 Å². The summed E-state index contributed by atoms with van der Waals surface area (Å²) in [5.74, 6) is 0.969. The number of methoxy groups -OCH3 is 1. The molecule has 0 aliphatic rings. The standard InChI is InChI=1S/C21H19N3O4/c1-12-7-8-14(9-13(12)2)10-18(25)22-21-24-23-20(28-21)17-11-15-5-4-6-16(26-3)19(15)27-17/h4-9,11H,10H2,1-3H3,(H,22,24,25). The van der Waals surface area contributed by atoms with E-state index < -0.39 is 0 Å². The predicted octanol–water partition coefficient (Wildman–Crippen LogP) is 4.29. The lowest BCUT2D eigenvalue weighted by molar-refractivity contribution is -0.115. The Morgan fingerprint density at radius 2 is 1.93 bits per heavy atom. The van der Waals surface area contributed by atoms with Crippen LogP contribution in [0, 0.1) is 13.8 Å². The van der Waals surface area contributed by atoms with E-state index in [1.165, 1.54) is 5.56 Å². The number of anilines is 1. The summed E-state index contributed by atoms with van der Waals surface area (Å²) in [4.78, 5) is 12.3. The van der Waals surface area contributed by atoms with Gasteiger partial charge in [-0.2, -0.15) is 0 Å². The van der Waals surface area contributed by atoms with Crippen LogP contribution in [0.5, 0.6) is 5.75 Å². The van der Waals surface area contributed by atoms with E-state index in [-0.39, 0.29) is 24.2 Å². The van der Waals surface area contributed by atoms with E-state index >= 15 is 0 Å². The molecule has 0 bridgehead atoms. The molecule has 0 aliphatic heterocycles. The van der Waals surface area contributed by atoms with E-state index in [4.69, 9.17) is 13.6 Å². The van der Waals surface area contributed by atoms with Crippen molar-refractivity contribution >= 4 is 22.9 Å². The lowest BCUT2D eigenvalue weighted by Crippen LogP contribution is -2.14. The number of aromatic nitrogens is 2. The maximum atomic E-state index is 12.3. The Hall–Kier alpha value is -3.61. The van der Waals surface area contributed by atoms with E-state index in [9.17, 15) is 4.79 Å². The van der Waals surface area contributed by atoms with Gasteiger partial charge in [0.05, 0.1) is 13.5 Å². The van der Waals surface area contributed by atoms with Gasteiger partial charge in [-0.3, -0.25) is 10.1 Å². The molecular weight excluding hydrogens is 358 g/mol. The van der Waals surface area contributed by atoms with Gasteiger partial charge >= 0.3 is 6.01 Å². The monoisotopic (exact) mass is 377 g/mol. The zero-order valence-corrected chi connectivity index (χ0v) is 15.8. The summed E-state index contributed by atoms with van der Waals surface area (Å²) in [5, 5.41) is 11.3. The predicted molar refractivity (Wildman–Crippen MR) is 104 cm³/mol. The molecule has 28 heavy (non-hydrogen) atoms. The number of carbonyl (C=O) groups is 1. The third-order valence-electron chi connectivity index (χ3n) is 4.55. The van der Waals surface area contributed by atoms with Gasteiger partial charge in [-0.25, -0.2) is 0 Å². The average molecular weight is 377 g/mol. The van der Waals surface area contributed by atoms with Gasteiger partial charge in [0.15, 0.2) is 17.1 Å². The first-order chi connectivity index (χ1) is 13.5. The molecule has 4 aromatic rings. The van der Waals surface area contributed by atoms with Crippen molar-refractivity contribution in [3.8, 4) is 17.4 Å². The number of benzene rings is 2. The number of fused-ring (bicyclic) bond motifs is 1. The summed E-state index contributed by atoms with van der Waals surface area (Å²) in [6.07, 6.45) is 0.223. The third kappa shape index (κ3) is 3.46. The highest BCUT2D eigenvalue weighted by atomic mass is 16.5. The van der Waals surface area contributed by atoms with Gasteiger partial charge in [0, 0.05) is 5.39 Å². The SMILES string of the molecule is COc1cccc2cc(-c3nnc(NC(=O)Cc4ccc(C)c(C)c4)o3)oc12. The molecule has 0 atom stereocenters. The van der Waals surface area contributed by atoms with Gasteiger partial charge in [-0.05, 0) is 42.7 Å². The molecule has 0 saturated carbocycles. The second kappa shape index (κ2) is 7.19. The van der Waals surface area contributed by atoms with Crippen LogP contribution in [-0.2, 0) is 11.2 Å². The van der Waals surface area contributed by atoms with Crippen LogP contribution in [0.1, 0.15) is 16.7 Å². The summed E-state index contributed by atoms with van der Waals surface area (Å²) >= 11 is 0. The number of nitrogens with one attached hydrogen (secondary N) is 1. The van der Waals surface area contributed by atoms with Crippen molar-refractivity contribution in [2.75, 3.05) is 12.4 Å². The summed E-state index contributed by atoms with van der Waals surface area (Å²) in [5.41, 5.74) is 3.85. The van der Waals surface area contributed by atoms with Crippen molar-refractivity contribution in [2.45, 2.75) is 20.3 Å². The molecule has 142 valence electrons. The molecule has 0 fully saturated rings. The molecule has 0 spiro atoms. The molecule has 1 amide bonds. The minimum Gasteiger partial charge on any atom is -0.493 e. The maximum Gasteiger partial charge on any atom is 0.322 e. The number of nitrogens with zero attached hydrogens (tertiary/aromatic N) is 2. The Balaban J connectivity index is 1.50. The van der Waals surface area contributed by atoms with Crippen molar-refractivity contribution in [1.29, 1.82) is 0 Å². The Morgan fingerprint density at radius 1 is 1.07 bits per heavy atom. The molecule has 0 aliphatic carbocycles. The quantitative estimate of drug-likeness (QED) is 0.558.